The number of carbonyl (C=O) groups excluding carboxylic acids is 3. The minimum Gasteiger partial charge on any atom is -0.318 e. The molecule has 0 aromatic heterocycles. The Kier molecular flexibility index (Phi) is 2.70. The molecule has 1 fully saturated rings. The first kappa shape index (κ1) is 10.5. The number of imide groups is 1. The van der Waals surface area contributed by atoms with Crippen molar-refractivity contribution < 1.29 is 14.4 Å². The lowest BCUT2D eigenvalue weighted by atomic mass is 10.3. The van der Waals surface area contributed by atoms with Crippen molar-refractivity contribution in [3.63, 3.8) is 0 Å². The zero-order valence-electron chi connectivity index (χ0n) is 7.98. The van der Waals surface area contributed by atoms with Crippen LogP contribution in [-0.4, -0.2) is 47.3 Å². The van der Waals surface area contributed by atoms with Gasteiger partial charge in [-0.15, -0.1) is 0 Å². The Morgan fingerprint density at radius 3 is 2.50 bits per heavy atom. The fourth-order valence-corrected chi connectivity index (χ4v) is 1.26. The van der Waals surface area contributed by atoms with Gasteiger partial charge in [0.1, 0.15) is 12.6 Å². The van der Waals surface area contributed by atoms with E-state index in [4.69, 9.17) is 5.84 Å². The highest BCUT2D eigenvalue weighted by Crippen LogP contribution is 2.11. The molecule has 7 heteroatoms. The van der Waals surface area contributed by atoms with Gasteiger partial charge in [0.2, 0.25) is 0 Å². The fourth-order valence-electron chi connectivity index (χ4n) is 1.26. The van der Waals surface area contributed by atoms with E-state index in [-0.39, 0.29) is 6.54 Å². The fraction of sp³-hybridized carbons (Fsp3) is 0.571. The van der Waals surface area contributed by atoms with E-state index in [1.165, 1.54) is 18.9 Å². The van der Waals surface area contributed by atoms with Gasteiger partial charge < -0.3 is 4.90 Å². The topological polar surface area (TPSA) is 95.7 Å². The van der Waals surface area contributed by atoms with Crippen molar-refractivity contribution in [1.82, 2.24) is 15.2 Å². The highest BCUT2D eigenvalue weighted by molar-refractivity contribution is 6.05. The van der Waals surface area contributed by atoms with E-state index >= 15 is 0 Å². The molecule has 1 atom stereocenters. The van der Waals surface area contributed by atoms with Gasteiger partial charge in [-0.1, -0.05) is 0 Å². The number of rotatable bonds is 2. The van der Waals surface area contributed by atoms with Crippen LogP contribution in [0.15, 0.2) is 0 Å². The molecule has 0 radical (unpaired) electrons. The van der Waals surface area contributed by atoms with E-state index in [9.17, 15) is 14.4 Å². The summed E-state index contributed by atoms with van der Waals surface area (Å²) in [5.74, 6) is 3.94. The monoisotopic (exact) mass is 200 g/mol. The van der Waals surface area contributed by atoms with E-state index in [0.717, 1.165) is 4.90 Å². The number of nitrogens with zero attached hydrogens (tertiary/aromatic N) is 2. The van der Waals surface area contributed by atoms with Crippen LogP contribution in [0.1, 0.15) is 6.92 Å². The molecule has 0 spiro atoms. The van der Waals surface area contributed by atoms with Gasteiger partial charge in [-0.3, -0.25) is 19.9 Å². The predicted octanol–water partition coefficient (Wildman–Crippen LogP) is -1.74. The number of nitrogens with two attached hydrogens (primary N) is 1. The Morgan fingerprint density at radius 2 is 2.14 bits per heavy atom. The second kappa shape index (κ2) is 3.62. The zero-order valence-corrected chi connectivity index (χ0v) is 7.98. The van der Waals surface area contributed by atoms with Crippen LogP contribution in [0.2, 0.25) is 0 Å². The smallest absolute Gasteiger partial charge is 0.318 e. The molecule has 78 valence electrons. The van der Waals surface area contributed by atoms with E-state index < -0.39 is 23.9 Å². The zero-order chi connectivity index (χ0) is 10.9. The van der Waals surface area contributed by atoms with Gasteiger partial charge in [0.15, 0.2) is 0 Å². The average Bonchev–Trinajstić information content (AvgIpc) is 2.39. The number of hydrazine groups is 1. The van der Waals surface area contributed by atoms with Crippen LogP contribution in [0, 0.1) is 0 Å². The van der Waals surface area contributed by atoms with Gasteiger partial charge in [0.25, 0.3) is 11.8 Å². The highest BCUT2D eigenvalue weighted by Gasteiger charge is 2.39. The first-order chi connectivity index (χ1) is 6.49. The summed E-state index contributed by atoms with van der Waals surface area (Å²) in [5, 5.41) is 0. The minimum absolute atomic E-state index is 0.00102. The Bertz CT molecular complexity index is 291. The van der Waals surface area contributed by atoms with Gasteiger partial charge in [-0.2, -0.15) is 0 Å². The SMILES string of the molecule is CC(C(=O)NN)N1C(=O)CN(C)C1=O. The van der Waals surface area contributed by atoms with Crippen molar-refractivity contribution in [1.29, 1.82) is 0 Å². The van der Waals surface area contributed by atoms with Crippen LogP contribution in [0.5, 0.6) is 0 Å². The number of hydrogen-bond acceptors (Lipinski definition) is 4. The summed E-state index contributed by atoms with van der Waals surface area (Å²) in [6.45, 7) is 1.44. The number of likely N-dealkylation sites (N-methyl/N-ethyl adjacent to an activating group) is 1. The predicted molar refractivity (Wildman–Crippen MR) is 46.7 cm³/mol. The summed E-state index contributed by atoms with van der Waals surface area (Å²) in [5.41, 5.74) is 1.89. The maximum absolute atomic E-state index is 11.4. The summed E-state index contributed by atoms with van der Waals surface area (Å²) >= 11 is 0. The van der Waals surface area contributed by atoms with Gasteiger partial charge in [0, 0.05) is 7.05 Å². The van der Waals surface area contributed by atoms with Gasteiger partial charge >= 0.3 is 6.03 Å². The molecule has 3 N–H and O–H groups in total. The molecular weight excluding hydrogens is 188 g/mol. The molecule has 0 bridgehead atoms. The molecule has 14 heavy (non-hydrogen) atoms. The number of urea groups is 1. The molecule has 0 aromatic carbocycles. The van der Waals surface area contributed by atoms with Gasteiger partial charge in [-0.05, 0) is 6.92 Å². The maximum Gasteiger partial charge on any atom is 0.327 e. The third kappa shape index (κ3) is 1.53. The van der Waals surface area contributed by atoms with Crippen LogP contribution >= 0.6 is 0 Å². The van der Waals surface area contributed by atoms with Crippen molar-refractivity contribution >= 4 is 17.8 Å². The molecule has 0 aliphatic carbocycles. The van der Waals surface area contributed by atoms with Crippen LogP contribution in [-0.2, 0) is 9.59 Å². The van der Waals surface area contributed by atoms with Crippen LogP contribution in [0.4, 0.5) is 4.79 Å². The number of nitrogens with one attached hydrogen (secondary N) is 1. The van der Waals surface area contributed by atoms with Gasteiger partial charge in [0.05, 0.1) is 0 Å². The van der Waals surface area contributed by atoms with Crippen LogP contribution in [0.3, 0.4) is 0 Å². The Morgan fingerprint density at radius 1 is 1.57 bits per heavy atom. The Labute approximate surface area is 80.8 Å². The quantitative estimate of drug-likeness (QED) is 0.239. The lowest BCUT2D eigenvalue weighted by Gasteiger charge is -2.20. The lowest BCUT2D eigenvalue weighted by Crippen LogP contribution is -2.50. The summed E-state index contributed by atoms with van der Waals surface area (Å²) in [7, 11) is 1.49. The maximum atomic E-state index is 11.4. The van der Waals surface area contributed by atoms with Gasteiger partial charge in [-0.25, -0.2) is 10.6 Å². The van der Waals surface area contributed by atoms with Crippen molar-refractivity contribution in [3.8, 4) is 0 Å². The minimum atomic E-state index is -0.870. The van der Waals surface area contributed by atoms with Crippen LogP contribution < -0.4 is 11.3 Å². The first-order valence-electron chi connectivity index (χ1n) is 4.06. The molecule has 0 saturated carbocycles. The van der Waals surface area contributed by atoms with Crippen molar-refractivity contribution in [2.75, 3.05) is 13.6 Å². The molecular formula is C7H12N4O3. The van der Waals surface area contributed by atoms with E-state index in [0.29, 0.717) is 0 Å². The van der Waals surface area contributed by atoms with Crippen molar-refractivity contribution in [3.05, 3.63) is 0 Å². The molecule has 1 aliphatic heterocycles. The van der Waals surface area contributed by atoms with Crippen LogP contribution in [0.25, 0.3) is 0 Å². The van der Waals surface area contributed by atoms with E-state index in [1.54, 1.807) is 0 Å². The first-order valence-corrected chi connectivity index (χ1v) is 4.06. The Balaban J connectivity index is 2.82. The molecule has 1 aliphatic rings. The second-order valence-electron chi connectivity index (χ2n) is 3.09. The molecule has 7 nitrogen and oxygen atoms in total. The lowest BCUT2D eigenvalue weighted by molar-refractivity contribution is -0.134. The normalized spacial score (nSPS) is 18.8. The third-order valence-corrected chi connectivity index (χ3v) is 2.08. The largest absolute Gasteiger partial charge is 0.327 e. The molecule has 1 heterocycles. The molecule has 1 saturated heterocycles. The standard InChI is InChI=1S/C7H12N4O3/c1-4(6(13)9-8)11-5(12)3-10(2)7(11)14/h4H,3,8H2,1-2H3,(H,9,13). The van der Waals surface area contributed by atoms with Crippen molar-refractivity contribution in [2.24, 2.45) is 5.84 Å². The van der Waals surface area contributed by atoms with Crippen molar-refractivity contribution in [2.45, 2.75) is 13.0 Å². The summed E-state index contributed by atoms with van der Waals surface area (Å²) in [6.07, 6.45) is 0. The summed E-state index contributed by atoms with van der Waals surface area (Å²) < 4.78 is 0. The highest BCUT2D eigenvalue weighted by atomic mass is 16.2. The second-order valence-corrected chi connectivity index (χ2v) is 3.09. The summed E-state index contributed by atoms with van der Waals surface area (Å²) in [6, 6.07) is -1.35. The Hall–Kier alpha value is -1.63. The number of carbonyl (C=O) groups is 3. The molecule has 1 rings (SSSR count). The molecule has 0 aromatic rings. The average molecular weight is 200 g/mol. The third-order valence-electron chi connectivity index (χ3n) is 2.08. The number of hydrogen-bond donors (Lipinski definition) is 2. The van der Waals surface area contributed by atoms with E-state index in [2.05, 4.69) is 0 Å². The van der Waals surface area contributed by atoms with E-state index in [1.807, 2.05) is 5.43 Å². The molecule has 4 amide bonds. The summed E-state index contributed by atoms with van der Waals surface area (Å²) in [4.78, 5) is 35.9. The number of amides is 4. The molecule has 1 unspecified atom stereocenters.